The van der Waals surface area contributed by atoms with Crippen molar-refractivity contribution in [1.29, 1.82) is 5.26 Å². The van der Waals surface area contributed by atoms with Crippen LogP contribution in [0.2, 0.25) is 5.02 Å². The first-order chi connectivity index (χ1) is 8.05. The summed E-state index contributed by atoms with van der Waals surface area (Å²) in [4.78, 5) is 0. The molecule has 0 saturated heterocycles. The van der Waals surface area contributed by atoms with Crippen LogP contribution in [0, 0.1) is 16.7 Å². The van der Waals surface area contributed by atoms with E-state index in [2.05, 4.69) is 12.1 Å². The van der Waals surface area contributed by atoms with Gasteiger partial charge in [-0.15, -0.1) is 0 Å². The van der Waals surface area contributed by atoms with Crippen LogP contribution >= 0.6 is 23.4 Å². The monoisotopic (exact) mass is 267 g/mol. The van der Waals surface area contributed by atoms with Crippen LogP contribution in [0.1, 0.15) is 32.3 Å². The summed E-state index contributed by atoms with van der Waals surface area (Å²) in [6.45, 7) is 3.98. The third kappa shape index (κ3) is 5.48. The Bertz CT molecular complexity index is 395. The zero-order valence-electron chi connectivity index (χ0n) is 10.4. The van der Waals surface area contributed by atoms with E-state index in [1.807, 2.05) is 43.8 Å². The summed E-state index contributed by atoms with van der Waals surface area (Å²) in [5, 5.41) is 9.74. The van der Waals surface area contributed by atoms with Gasteiger partial charge in [-0.25, -0.2) is 0 Å². The van der Waals surface area contributed by atoms with Gasteiger partial charge in [-0.1, -0.05) is 29.8 Å². The van der Waals surface area contributed by atoms with Crippen molar-refractivity contribution in [3.8, 4) is 6.07 Å². The van der Waals surface area contributed by atoms with E-state index in [1.165, 1.54) is 5.56 Å². The fraction of sp³-hybridized carbons (Fsp3) is 0.500. The molecule has 0 radical (unpaired) electrons. The SMILES string of the molecule is CC(C)(C#N)CCCSCc1ccccc1Cl. The Morgan fingerprint density at radius 2 is 2.06 bits per heavy atom. The number of halogens is 1. The van der Waals surface area contributed by atoms with Crippen molar-refractivity contribution in [3.05, 3.63) is 34.9 Å². The topological polar surface area (TPSA) is 23.8 Å². The normalized spacial score (nSPS) is 11.2. The quantitative estimate of drug-likeness (QED) is 0.684. The van der Waals surface area contributed by atoms with Gasteiger partial charge in [0, 0.05) is 10.8 Å². The fourth-order valence-electron chi connectivity index (χ4n) is 1.47. The lowest BCUT2D eigenvalue weighted by atomic mass is 9.90. The second kappa shape index (κ2) is 6.93. The van der Waals surface area contributed by atoms with Crippen LogP contribution in [0.5, 0.6) is 0 Å². The molecular formula is C14H18ClNS. The molecule has 0 spiro atoms. The lowest BCUT2D eigenvalue weighted by Gasteiger charge is -2.14. The van der Waals surface area contributed by atoms with Crippen LogP contribution in [-0.2, 0) is 5.75 Å². The number of benzene rings is 1. The first kappa shape index (κ1) is 14.4. The van der Waals surface area contributed by atoms with E-state index in [0.717, 1.165) is 29.4 Å². The average Bonchev–Trinajstić information content (AvgIpc) is 2.31. The molecule has 0 aromatic heterocycles. The highest BCUT2D eigenvalue weighted by molar-refractivity contribution is 7.98. The van der Waals surface area contributed by atoms with Crippen molar-refractivity contribution in [2.24, 2.45) is 5.41 Å². The van der Waals surface area contributed by atoms with Crippen molar-refractivity contribution in [2.45, 2.75) is 32.4 Å². The van der Waals surface area contributed by atoms with Crippen molar-refractivity contribution >= 4 is 23.4 Å². The minimum Gasteiger partial charge on any atom is -0.198 e. The minimum absolute atomic E-state index is 0.190. The van der Waals surface area contributed by atoms with Gasteiger partial charge in [-0.2, -0.15) is 17.0 Å². The highest BCUT2D eigenvalue weighted by atomic mass is 35.5. The standard InChI is InChI=1S/C14H18ClNS/c1-14(2,11-16)8-5-9-17-10-12-6-3-4-7-13(12)15/h3-4,6-7H,5,8-10H2,1-2H3. The predicted octanol–water partition coefficient (Wildman–Crippen LogP) is 4.90. The molecule has 0 N–H and O–H groups in total. The molecular weight excluding hydrogens is 250 g/mol. The summed E-state index contributed by atoms with van der Waals surface area (Å²) in [7, 11) is 0. The van der Waals surface area contributed by atoms with E-state index in [-0.39, 0.29) is 5.41 Å². The Labute approximate surface area is 113 Å². The van der Waals surface area contributed by atoms with E-state index >= 15 is 0 Å². The van der Waals surface area contributed by atoms with Gasteiger partial charge >= 0.3 is 0 Å². The van der Waals surface area contributed by atoms with Gasteiger partial charge in [0.05, 0.1) is 11.5 Å². The molecule has 0 atom stereocenters. The van der Waals surface area contributed by atoms with Crippen molar-refractivity contribution in [2.75, 3.05) is 5.75 Å². The zero-order chi connectivity index (χ0) is 12.7. The molecule has 0 bridgehead atoms. The van der Waals surface area contributed by atoms with E-state index in [4.69, 9.17) is 16.9 Å². The molecule has 92 valence electrons. The number of nitriles is 1. The molecule has 0 aliphatic rings. The molecule has 1 nitrogen and oxygen atoms in total. The Morgan fingerprint density at radius 3 is 2.71 bits per heavy atom. The molecule has 0 aliphatic heterocycles. The van der Waals surface area contributed by atoms with Gasteiger partial charge in [0.2, 0.25) is 0 Å². The van der Waals surface area contributed by atoms with Gasteiger partial charge in [-0.3, -0.25) is 0 Å². The van der Waals surface area contributed by atoms with Crippen LogP contribution in [0.4, 0.5) is 0 Å². The average molecular weight is 268 g/mol. The van der Waals surface area contributed by atoms with E-state index in [9.17, 15) is 0 Å². The molecule has 17 heavy (non-hydrogen) atoms. The van der Waals surface area contributed by atoms with Crippen LogP contribution < -0.4 is 0 Å². The van der Waals surface area contributed by atoms with E-state index in [0.29, 0.717) is 0 Å². The lowest BCUT2D eigenvalue weighted by molar-refractivity contribution is 0.448. The maximum atomic E-state index is 8.89. The van der Waals surface area contributed by atoms with Crippen molar-refractivity contribution in [1.82, 2.24) is 0 Å². The van der Waals surface area contributed by atoms with E-state index in [1.54, 1.807) is 0 Å². The molecule has 1 aromatic carbocycles. The van der Waals surface area contributed by atoms with Gasteiger partial charge in [0.1, 0.15) is 0 Å². The predicted molar refractivity (Wildman–Crippen MR) is 76.2 cm³/mol. The van der Waals surface area contributed by atoms with E-state index < -0.39 is 0 Å². The molecule has 1 rings (SSSR count). The highest BCUT2D eigenvalue weighted by Gasteiger charge is 2.15. The zero-order valence-corrected chi connectivity index (χ0v) is 11.9. The van der Waals surface area contributed by atoms with Crippen LogP contribution in [0.25, 0.3) is 0 Å². The molecule has 0 heterocycles. The summed E-state index contributed by atoms with van der Waals surface area (Å²) in [6, 6.07) is 10.3. The second-order valence-corrected chi connectivity index (χ2v) is 6.26. The Kier molecular flexibility index (Phi) is 5.88. The molecule has 0 fully saturated rings. The van der Waals surface area contributed by atoms with Crippen molar-refractivity contribution in [3.63, 3.8) is 0 Å². The lowest BCUT2D eigenvalue weighted by Crippen LogP contribution is -2.07. The number of hydrogen-bond donors (Lipinski definition) is 0. The smallest absolute Gasteiger partial charge is 0.0683 e. The van der Waals surface area contributed by atoms with Gasteiger partial charge in [0.15, 0.2) is 0 Å². The van der Waals surface area contributed by atoms with Gasteiger partial charge in [0.25, 0.3) is 0 Å². The molecule has 3 heteroatoms. The van der Waals surface area contributed by atoms with Crippen LogP contribution in [0.15, 0.2) is 24.3 Å². The number of rotatable bonds is 6. The first-order valence-electron chi connectivity index (χ1n) is 5.77. The van der Waals surface area contributed by atoms with Crippen molar-refractivity contribution < 1.29 is 0 Å². The summed E-state index contributed by atoms with van der Waals surface area (Å²) in [5.74, 6) is 2.03. The number of thioether (sulfide) groups is 1. The molecule has 1 aromatic rings. The summed E-state index contributed by atoms with van der Waals surface area (Å²) in [6.07, 6.45) is 2.04. The third-order valence-electron chi connectivity index (χ3n) is 2.61. The summed E-state index contributed by atoms with van der Waals surface area (Å²) in [5.41, 5.74) is 1.00. The Morgan fingerprint density at radius 1 is 1.35 bits per heavy atom. The molecule has 0 amide bonds. The molecule has 0 unspecified atom stereocenters. The third-order valence-corrected chi connectivity index (χ3v) is 4.07. The largest absolute Gasteiger partial charge is 0.198 e. The Balaban J connectivity index is 2.22. The minimum atomic E-state index is -0.190. The van der Waals surface area contributed by atoms with Crippen LogP contribution in [0.3, 0.4) is 0 Å². The van der Waals surface area contributed by atoms with Crippen LogP contribution in [-0.4, -0.2) is 5.75 Å². The summed E-state index contributed by atoms with van der Waals surface area (Å²) < 4.78 is 0. The maximum absolute atomic E-state index is 8.89. The Hall–Kier alpha value is -0.650. The van der Waals surface area contributed by atoms with Gasteiger partial charge < -0.3 is 0 Å². The highest BCUT2D eigenvalue weighted by Crippen LogP contribution is 2.24. The number of nitrogens with zero attached hydrogens (tertiary/aromatic N) is 1. The van der Waals surface area contributed by atoms with Gasteiger partial charge in [-0.05, 0) is 44.1 Å². The summed E-state index contributed by atoms with van der Waals surface area (Å²) >= 11 is 7.95. The first-order valence-corrected chi connectivity index (χ1v) is 7.31. The maximum Gasteiger partial charge on any atom is 0.0683 e. The fourth-order valence-corrected chi connectivity index (χ4v) is 2.72. The second-order valence-electron chi connectivity index (χ2n) is 4.74. The molecule has 0 saturated carbocycles. The molecule has 0 aliphatic carbocycles. The number of hydrogen-bond acceptors (Lipinski definition) is 2.